The monoisotopic (exact) mass is 332 g/mol. The Morgan fingerprint density at radius 1 is 1.33 bits per heavy atom. The predicted molar refractivity (Wildman–Crippen MR) is 99.3 cm³/mol. The molecule has 0 spiro atoms. The Morgan fingerprint density at radius 3 is 2.83 bits per heavy atom. The van der Waals surface area contributed by atoms with Gasteiger partial charge in [0, 0.05) is 50.9 Å². The molecule has 1 aliphatic rings. The van der Waals surface area contributed by atoms with Crippen LogP contribution in [0.5, 0.6) is 5.75 Å². The fraction of sp³-hybridized carbons (Fsp3) is 0.600. The fourth-order valence-corrected chi connectivity index (χ4v) is 3.40. The van der Waals surface area contributed by atoms with E-state index in [4.69, 9.17) is 4.74 Å². The third-order valence-electron chi connectivity index (χ3n) is 4.47. The fourth-order valence-electron chi connectivity index (χ4n) is 3.40. The van der Waals surface area contributed by atoms with E-state index in [-0.39, 0.29) is 6.61 Å². The van der Waals surface area contributed by atoms with Crippen molar-refractivity contribution in [2.24, 2.45) is 5.92 Å². The molecule has 0 amide bonds. The maximum atomic E-state index is 9.41. The van der Waals surface area contributed by atoms with Gasteiger partial charge in [0.25, 0.3) is 0 Å². The number of nitrogens with zero attached hydrogens (tertiary/aromatic N) is 2. The lowest BCUT2D eigenvalue weighted by Gasteiger charge is -2.42. The molecule has 2 rings (SSSR count). The van der Waals surface area contributed by atoms with Gasteiger partial charge in [0.2, 0.25) is 0 Å². The van der Waals surface area contributed by atoms with Crippen LogP contribution in [-0.2, 0) is 6.54 Å². The van der Waals surface area contributed by atoms with E-state index in [1.54, 1.807) is 6.08 Å². The molecule has 0 radical (unpaired) electrons. The van der Waals surface area contributed by atoms with Gasteiger partial charge in [-0.1, -0.05) is 44.7 Å². The van der Waals surface area contributed by atoms with E-state index in [0.29, 0.717) is 18.6 Å². The molecular formula is C20H32N2O2. The predicted octanol–water partition coefficient (Wildman–Crippen LogP) is 2.78. The number of hydrogen-bond donors (Lipinski definition) is 1. The molecule has 1 aliphatic heterocycles. The van der Waals surface area contributed by atoms with E-state index in [1.807, 2.05) is 12.1 Å². The molecule has 0 saturated carbocycles. The SMILES string of the molecule is C=CCOc1ccccc1CN1CCN(CC(C)C)[C@H](CCO)C1. The summed E-state index contributed by atoms with van der Waals surface area (Å²) in [6, 6.07) is 8.68. The molecule has 0 aliphatic carbocycles. The lowest BCUT2D eigenvalue weighted by Crippen LogP contribution is -2.53. The number of hydrogen-bond acceptors (Lipinski definition) is 4. The van der Waals surface area contributed by atoms with Crippen molar-refractivity contribution in [3.8, 4) is 5.75 Å². The van der Waals surface area contributed by atoms with E-state index >= 15 is 0 Å². The quantitative estimate of drug-likeness (QED) is 0.706. The number of aliphatic hydroxyl groups excluding tert-OH is 1. The van der Waals surface area contributed by atoms with E-state index in [0.717, 1.165) is 44.9 Å². The summed E-state index contributed by atoms with van der Waals surface area (Å²) in [5.41, 5.74) is 1.22. The summed E-state index contributed by atoms with van der Waals surface area (Å²) in [4.78, 5) is 5.02. The normalized spacial score (nSPS) is 19.6. The van der Waals surface area contributed by atoms with Crippen LogP contribution in [0.3, 0.4) is 0 Å². The first-order chi connectivity index (χ1) is 11.6. The van der Waals surface area contributed by atoms with Crippen molar-refractivity contribution in [1.82, 2.24) is 9.80 Å². The second-order valence-corrected chi connectivity index (χ2v) is 7.00. The minimum absolute atomic E-state index is 0.256. The zero-order valence-electron chi connectivity index (χ0n) is 15.2. The molecular weight excluding hydrogens is 300 g/mol. The first-order valence-electron chi connectivity index (χ1n) is 9.03. The first-order valence-corrected chi connectivity index (χ1v) is 9.03. The van der Waals surface area contributed by atoms with Crippen LogP contribution in [0.2, 0.25) is 0 Å². The standard InChI is InChI=1S/C20H32N2O2/c1-4-13-24-20-8-6-5-7-18(20)15-21-10-11-22(14-17(2)3)19(16-21)9-12-23/h4-8,17,19,23H,1,9-16H2,2-3H3/t19-/m1/s1. The van der Waals surface area contributed by atoms with Crippen LogP contribution in [0.1, 0.15) is 25.8 Å². The summed E-state index contributed by atoms with van der Waals surface area (Å²) in [5.74, 6) is 1.60. The summed E-state index contributed by atoms with van der Waals surface area (Å²) >= 11 is 0. The molecule has 134 valence electrons. The molecule has 1 heterocycles. The van der Waals surface area contributed by atoms with E-state index in [2.05, 4.69) is 42.4 Å². The zero-order chi connectivity index (χ0) is 17.4. The van der Waals surface area contributed by atoms with Crippen molar-refractivity contribution >= 4 is 0 Å². The van der Waals surface area contributed by atoms with Crippen LogP contribution in [0.4, 0.5) is 0 Å². The molecule has 0 bridgehead atoms. The van der Waals surface area contributed by atoms with Crippen molar-refractivity contribution in [3.63, 3.8) is 0 Å². The summed E-state index contributed by atoms with van der Waals surface area (Å²) in [6.45, 7) is 14.2. The Kier molecular flexibility index (Phi) is 7.76. The lowest BCUT2D eigenvalue weighted by atomic mass is 10.1. The molecule has 4 heteroatoms. The van der Waals surface area contributed by atoms with E-state index < -0.39 is 0 Å². The molecule has 24 heavy (non-hydrogen) atoms. The van der Waals surface area contributed by atoms with Crippen molar-refractivity contribution in [1.29, 1.82) is 0 Å². The van der Waals surface area contributed by atoms with Crippen LogP contribution in [0.15, 0.2) is 36.9 Å². The minimum atomic E-state index is 0.256. The van der Waals surface area contributed by atoms with Gasteiger partial charge in [0.15, 0.2) is 0 Å². The molecule has 1 saturated heterocycles. The average molecular weight is 332 g/mol. The van der Waals surface area contributed by atoms with Gasteiger partial charge in [0.05, 0.1) is 0 Å². The molecule has 1 aromatic carbocycles. The van der Waals surface area contributed by atoms with Gasteiger partial charge in [-0.15, -0.1) is 0 Å². The Balaban J connectivity index is 1.99. The minimum Gasteiger partial charge on any atom is -0.489 e. The molecule has 4 nitrogen and oxygen atoms in total. The second kappa shape index (κ2) is 9.82. The number of piperazine rings is 1. The van der Waals surface area contributed by atoms with E-state index in [9.17, 15) is 5.11 Å². The van der Waals surface area contributed by atoms with Gasteiger partial charge < -0.3 is 9.84 Å². The maximum absolute atomic E-state index is 9.41. The van der Waals surface area contributed by atoms with Gasteiger partial charge in [0.1, 0.15) is 12.4 Å². The van der Waals surface area contributed by atoms with Crippen molar-refractivity contribution in [3.05, 3.63) is 42.5 Å². The summed E-state index contributed by atoms with van der Waals surface area (Å²) in [6.07, 6.45) is 2.62. The third-order valence-corrected chi connectivity index (χ3v) is 4.47. The van der Waals surface area contributed by atoms with Crippen molar-refractivity contribution in [2.75, 3.05) is 39.4 Å². The number of rotatable bonds is 9. The van der Waals surface area contributed by atoms with Gasteiger partial charge in [-0.25, -0.2) is 0 Å². The Morgan fingerprint density at radius 2 is 2.12 bits per heavy atom. The van der Waals surface area contributed by atoms with Gasteiger partial charge >= 0.3 is 0 Å². The summed E-state index contributed by atoms with van der Waals surface area (Å²) < 4.78 is 5.78. The summed E-state index contributed by atoms with van der Waals surface area (Å²) in [7, 11) is 0. The number of ether oxygens (including phenoxy) is 1. The zero-order valence-corrected chi connectivity index (χ0v) is 15.2. The van der Waals surface area contributed by atoms with Crippen molar-refractivity contribution < 1.29 is 9.84 Å². The third kappa shape index (κ3) is 5.62. The van der Waals surface area contributed by atoms with Crippen LogP contribution in [0.25, 0.3) is 0 Å². The highest BCUT2D eigenvalue weighted by molar-refractivity contribution is 5.33. The van der Waals surface area contributed by atoms with Gasteiger partial charge in [-0.3, -0.25) is 9.80 Å². The molecule has 1 N–H and O–H groups in total. The Bertz CT molecular complexity index is 504. The van der Waals surface area contributed by atoms with Crippen LogP contribution >= 0.6 is 0 Å². The second-order valence-electron chi connectivity index (χ2n) is 7.00. The van der Waals surface area contributed by atoms with Crippen molar-refractivity contribution in [2.45, 2.75) is 32.9 Å². The topological polar surface area (TPSA) is 35.9 Å². The highest BCUT2D eigenvalue weighted by atomic mass is 16.5. The van der Waals surface area contributed by atoms with E-state index in [1.165, 1.54) is 5.56 Å². The largest absolute Gasteiger partial charge is 0.489 e. The van der Waals surface area contributed by atoms with Crippen LogP contribution < -0.4 is 4.74 Å². The number of benzene rings is 1. The number of para-hydroxylation sites is 1. The highest BCUT2D eigenvalue weighted by Gasteiger charge is 2.27. The van der Waals surface area contributed by atoms with Crippen LogP contribution in [-0.4, -0.2) is 60.3 Å². The Labute approximate surface area is 146 Å². The molecule has 0 unspecified atom stereocenters. The molecule has 0 aromatic heterocycles. The van der Waals surface area contributed by atoms with Gasteiger partial charge in [-0.05, 0) is 18.4 Å². The average Bonchev–Trinajstić information content (AvgIpc) is 2.56. The highest BCUT2D eigenvalue weighted by Crippen LogP contribution is 2.22. The molecule has 1 aromatic rings. The van der Waals surface area contributed by atoms with Crippen LogP contribution in [0, 0.1) is 5.92 Å². The maximum Gasteiger partial charge on any atom is 0.124 e. The smallest absolute Gasteiger partial charge is 0.124 e. The first kappa shape index (κ1) is 19.0. The van der Waals surface area contributed by atoms with Gasteiger partial charge in [-0.2, -0.15) is 0 Å². The molecule has 1 fully saturated rings. The summed E-state index contributed by atoms with van der Waals surface area (Å²) in [5, 5.41) is 9.41. The lowest BCUT2D eigenvalue weighted by molar-refractivity contribution is 0.0473. The Hall–Kier alpha value is -1.36. The molecule has 1 atom stereocenters. The number of aliphatic hydroxyl groups is 1.